The van der Waals surface area contributed by atoms with E-state index in [0.29, 0.717) is 25.2 Å². The first-order chi connectivity index (χ1) is 11.7. The molecule has 2 aliphatic carbocycles. The van der Waals surface area contributed by atoms with Crippen molar-refractivity contribution >= 4 is 5.91 Å². The van der Waals surface area contributed by atoms with Crippen molar-refractivity contribution in [3.63, 3.8) is 0 Å². The number of benzene rings is 1. The summed E-state index contributed by atoms with van der Waals surface area (Å²) in [5.74, 6) is 0.537. The van der Waals surface area contributed by atoms with Crippen molar-refractivity contribution < 1.29 is 13.9 Å². The zero-order chi connectivity index (χ0) is 16.5. The van der Waals surface area contributed by atoms with Crippen LogP contribution in [0, 0.1) is 11.7 Å². The monoisotopic (exact) mass is 332 g/mol. The van der Waals surface area contributed by atoms with E-state index in [4.69, 9.17) is 4.74 Å². The normalized spacial score (nSPS) is 27.0. The molecule has 5 heteroatoms. The minimum Gasteiger partial charge on any atom is -0.381 e. The van der Waals surface area contributed by atoms with Crippen LogP contribution in [0.15, 0.2) is 18.2 Å². The van der Waals surface area contributed by atoms with Gasteiger partial charge in [0.1, 0.15) is 5.82 Å². The summed E-state index contributed by atoms with van der Waals surface area (Å²) < 4.78 is 19.4. The van der Waals surface area contributed by atoms with Crippen LogP contribution in [0.3, 0.4) is 0 Å². The quantitative estimate of drug-likeness (QED) is 0.842. The summed E-state index contributed by atoms with van der Waals surface area (Å²) >= 11 is 0. The van der Waals surface area contributed by atoms with E-state index in [0.717, 1.165) is 37.3 Å². The lowest BCUT2D eigenvalue weighted by molar-refractivity contribution is 0.0694. The maximum absolute atomic E-state index is 14.1. The van der Waals surface area contributed by atoms with Crippen molar-refractivity contribution in [2.45, 2.75) is 50.1 Å². The molecule has 3 aliphatic rings. The average Bonchev–Trinajstić information content (AvgIpc) is 3.49. The summed E-state index contributed by atoms with van der Waals surface area (Å²) in [4.78, 5) is 12.4. The molecule has 1 aromatic carbocycles. The van der Waals surface area contributed by atoms with E-state index in [-0.39, 0.29) is 17.5 Å². The van der Waals surface area contributed by atoms with Crippen LogP contribution >= 0.6 is 0 Å². The predicted octanol–water partition coefficient (Wildman–Crippen LogP) is 2.59. The van der Waals surface area contributed by atoms with Gasteiger partial charge in [-0.05, 0) is 62.3 Å². The molecule has 3 fully saturated rings. The van der Waals surface area contributed by atoms with Gasteiger partial charge in [0.15, 0.2) is 0 Å². The molecule has 0 radical (unpaired) electrons. The third kappa shape index (κ3) is 3.78. The Morgan fingerprint density at radius 1 is 1.21 bits per heavy atom. The molecule has 1 aromatic rings. The molecule has 1 saturated heterocycles. The van der Waals surface area contributed by atoms with E-state index in [1.807, 2.05) is 6.07 Å². The Balaban J connectivity index is 1.38. The number of halogens is 1. The smallest absolute Gasteiger partial charge is 0.254 e. The Labute approximate surface area is 142 Å². The molecule has 130 valence electrons. The fourth-order valence-electron chi connectivity index (χ4n) is 3.48. The van der Waals surface area contributed by atoms with E-state index >= 15 is 0 Å². The molecule has 1 amide bonds. The molecule has 4 nitrogen and oxygen atoms in total. The molecule has 0 bridgehead atoms. The maximum Gasteiger partial charge on any atom is 0.254 e. The highest BCUT2D eigenvalue weighted by atomic mass is 19.1. The number of carbonyl (C=O) groups excluding carboxylic acids is 1. The van der Waals surface area contributed by atoms with Crippen LogP contribution in [0.25, 0.3) is 0 Å². The van der Waals surface area contributed by atoms with Crippen LogP contribution in [0.5, 0.6) is 0 Å². The molecule has 1 aliphatic heterocycles. The summed E-state index contributed by atoms with van der Waals surface area (Å²) in [6.07, 6.45) is 5.36. The Morgan fingerprint density at radius 2 is 2.00 bits per heavy atom. The lowest BCUT2D eigenvalue weighted by atomic mass is 10.0. The zero-order valence-corrected chi connectivity index (χ0v) is 13.9. The highest BCUT2D eigenvalue weighted by Crippen LogP contribution is 2.42. The molecular weight excluding hydrogens is 307 g/mol. The van der Waals surface area contributed by atoms with Gasteiger partial charge in [-0.1, -0.05) is 6.07 Å². The van der Waals surface area contributed by atoms with Gasteiger partial charge in [0, 0.05) is 31.2 Å². The van der Waals surface area contributed by atoms with Gasteiger partial charge in [0.25, 0.3) is 5.91 Å². The predicted molar refractivity (Wildman–Crippen MR) is 89.6 cm³/mol. The number of amides is 1. The van der Waals surface area contributed by atoms with Crippen LogP contribution in [0.1, 0.15) is 53.9 Å². The second kappa shape index (κ2) is 6.81. The molecule has 0 spiro atoms. The molecule has 0 unspecified atom stereocenters. The van der Waals surface area contributed by atoms with Crippen LogP contribution < -0.4 is 10.6 Å². The first-order valence-corrected chi connectivity index (χ1v) is 9.12. The lowest BCUT2D eigenvalue weighted by Gasteiger charge is -2.23. The summed E-state index contributed by atoms with van der Waals surface area (Å²) in [6, 6.07) is 5.58. The number of hydrogen-bond donors (Lipinski definition) is 2. The van der Waals surface area contributed by atoms with Gasteiger partial charge < -0.3 is 15.4 Å². The molecule has 24 heavy (non-hydrogen) atoms. The second-order valence-electron chi connectivity index (χ2n) is 7.40. The van der Waals surface area contributed by atoms with Crippen molar-refractivity contribution in [3.8, 4) is 0 Å². The summed E-state index contributed by atoms with van der Waals surface area (Å²) in [6.45, 7) is 2.41. The molecule has 4 rings (SSSR count). The number of carbonyl (C=O) groups is 1. The molecule has 2 atom stereocenters. The minimum atomic E-state index is -0.438. The van der Waals surface area contributed by atoms with Gasteiger partial charge in [-0.25, -0.2) is 4.39 Å². The fraction of sp³-hybridized carbons (Fsp3) is 0.632. The van der Waals surface area contributed by atoms with E-state index in [1.165, 1.54) is 18.9 Å². The van der Waals surface area contributed by atoms with E-state index < -0.39 is 5.82 Å². The first-order valence-electron chi connectivity index (χ1n) is 9.12. The Morgan fingerprint density at radius 3 is 2.75 bits per heavy atom. The summed E-state index contributed by atoms with van der Waals surface area (Å²) in [7, 11) is 0. The minimum absolute atomic E-state index is 0.0863. The lowest BCUT2D eigenvalue weighted by Crippen LogP contribution is -2.39. The number of nitrogens with one attached hydrogen (secondary N) is 2. The second-order valence-corrected chi connectivity index (χ2v) is 7.40. The van der Waals surface area contributed by atoms with E-state index in [1.54, 1.807) is 6.07 Å². The van der Waals surface area contributed by atoms with Crippen molar-refractivity contribution in [3.05, 3.63) is 35.1 Å². The molecule has 0 aromatic heterocycles. The highest BCUT2D eigenvalue weighted by Gasteiger charge is 2.39. The van der Waals surface area contributed by atoms with Crippen LogP contribution in [0.2, 0.25) is 0 Å². The highest BCUT2D eigenvalue weighted by molar-refractivity contribution is 5.94. The van der Waals surface area contributed by atoms with Gasteiger partial charge in [0.05, 0.1) is 5.56 Å². The van der Waals surface area contributed by atoms with Gasteiger partial charge >= 0.3 is 0 Å². The third-order valence-electron chi connectivity index (χ3n) is 5.38. The summed E-state index contributed by atoms with van der Waals surface area (Å²) in [5.41, 5.74) is 1.24. The molecule has 2 saturated carbocycles. The van der Waals surface area contributed by atoms with E-state index in [2.05, 4.69) is 10.6 Å². The Kier molecular flexibility index (Phi) is 4.55. The van der Waals surface area contributed by atoms with Gasteiger partial charge in [0.2, 0.25) is 0 Å². The third-order valence-corrected chi connectivity index (χ3v) is 5.38. The molecule has 2 N–H and O–H groups in total. The standard InChI is InChI=1S/C19H25FN2O2/c20-17-4-3-13(15-10-18(15)21-11-12-1-2-12)9-16(17)19(23)22-14-5-7-24-8-6-14/h3-4,9,12,14-15,18,21H,1-2,5-8,10-11H2,(H,22,23)/t15-,18+/m0/s1. The van der Waals surface area contributed by atoms with Gasteiger partial charge in [-0.15, -0.1) is 0 Å². The molecular formula is C19H25FN2O2. The zero-order valence-electron chi connectivity index (χ0n) is 13.9. The van der Waals surface area contributed by atoms with Crippen molar-refractivity contribution in [1.29, 1.82) is 0 Å². The van der Waals surface area contributed by atoms with E-state index in [9.17, 15) is 9.18 Å². The summed E-state index contributed by atoms with van der Waals surface area (Å²) in [5, 5.41) is 6.54. The Hall–Kier alpha value is -1.46. The topological polar surface area (TPSA) is 50.4 Å². The van der Waals surface area contributed by atoms with Crippen LogP contribution in [-0.4, -0.2) is 37.7 Å². The van der Waals surface area contributed by atoms with Crippen molar-refractivity contribution in [2.75, 3.05) is 19.8 Å². The number of rotatable bonds is 6. The maximum atomic E-state index is 14.1. The largest absolute Gasteiger partial charge is 0.381 e. The van der Waals surface area contributed by atoms with Gasteiger partial charge in [-0.3, -0.25) is 4.79 Å². The van der Waals surface area contributed by atoms with Crippen molar-refractivity contribution in [1.82, 2.24) is 10.6 Å². The van der Waals surface area contributed by atoms with Crippen LogP contribution in [0.4, 0.5) is 4.39 Å². The Bertz CT molecular complexity index is 611. The SMILES string of the molecule is O=C(NC1CCOCC1)c1cc([C@@H]2C[C@H]2NCC2CC2)ccc1F. The van der Waals surface area contributed by atoms with Gasteiger partial charge in [-0.2, -0.15) is 0 Å². The van der Waals surface area contributed by atoms with Crippen molar-refractivity contribution in [2.24, 2.45) is 5.92 Å². The number of ether oxygens (including phenoxy) is 1. The van der Waals surface area contributed by atoms with Crippen LogP contribution in [-0.2, 0) is 4.74 Å². The average molecular weight is 332 g/mol. The number of hydrogen-bond acceptors (Lipinski definition) is 3. The fourth-order valence-corrected chi connectivity index (χ4v) is 3.48. The first kappa shape index (κ1) is 16.0. The molecule has 1 heterocycles.